The molecule has 90 valence electrons. The second kappa shape index (κ2) is 4.78. The van der Waals surface area contributed by atoms with Gasteiger partial charge in [0, 0.05) is 11.6 Å². The van der Waals surface area contributed by atoms with Crippen LogP contribution >= 0.6 is 0 Å². The number of alkyl halides is 5. The first-order chi connectivity index (χ1) is 7.29. The van der Waals surface area contributed by atoms with Crippen molar-refractivity contribution < 1.29 is 22.0 Å². The van der Waals surface area contributed by atoms with E-state index in [1.807, 2.05) is 0 Å². The lowest BCUT2D eigenvalue weighted by atomic mass is 10.0. The van der Waals surface area contributed by atoms with Crippen molar-refractivity contribution in [3.63, 3.8) is 0 Å². The van der Waals surface area contributed by atoms with Crippen LogP contribution in [0.5, 0.6) is 0 Å². The van der Waals surface area contributed by atoms with Crippen molar-refractivity contribution in [1.82, 2.24) is 0 Å². The molecule has 0 saturated heterocycles. The molecule has 0 aromatic heterocycles. The fraction of sp³-hybridized carbons (Fsp3) is 0.400. The molecule has 0 aliphatic heterocycles. The summed E-state index contributed by atoms with van der Waals surface area (Å²) in [7, 11) is 0. The maximum absolute atomic E-state index is 12.3. The number of nitrogens with two attached hydrogens (primary N) is 1. The van der Waals surface area contributed by atoms with Crippen LogP contribution in [0.2, 0.25) is 0 Å². The lowest BCUT2D eigenvalue weighted by Crippen LogP contribution is -2.20. The van der Waals surface area contributed by atoms with Gasteiger partial charge in [0.05, 0.1) is 6.42 Å². The first-order valence-electron chi connectivity index (χ1n) is 4.50. The molecule has 6 heteroatoms. The van der Waals surface area contributed by atoms with Crippen molar-refractivity contribution in [2.75, 3.05) is 0 Å². The molecular weight excluding hydrogens is 229 g/mol. The molecule has 0 amide bonds. The van der Waals surface area contributed by atoms with Crippen molar-refractivity contribution >= 4 is 0 Å². The van der Waals surface area contributed by atoms with Crippen LogP contribution < -0.4 is 5.73 Å². The van der Waals surface area contributed by atoms with Crippen molar-refractivity contribution in [2.24, 2.45) is 5.73 Å². The standard InChI is InChI=1S/C10H10F5N/c11-9(12)7-3-1-2-6(4-7)8(16)5-10(13,14)15/h1-4,8-9H,5,16H2. The van der Waals surface area contributed by atoms with Gasteiger partial charge in [-0.15, -0.1) is 0 Å². The summed E-state index contributed by atoms with van der Waals surface area (Å²) in [5.41, 5.74) is 5.03. The van der Waals surface area contributed by atoms with E-state index in [2.05, 4.69) is 0 Å². The zero-order valence-corrected chi connectivity index (χ0v) is 8.14. The third-order valence-electron chi connectivity index (χ3n) is 2.04. The molecular formula is C10H10F5N. The van der Waals surface area contributed by atoms with Crippen molar-refractivity contribution in [3.8, 4) is 0 Å². The predicted octanol–water partition coefficient (Wildman–Crippen LogP) is 3.58. The Morgan fingerprint density at radius 1 is 1.12 bits per heavy atom. The van der Waals surface area contributed by atoms with E-state index in [0.717, 1.165) is 12.1 Å². The number of benzene rings is 1. The highest BCUT2D eigenvalue weighted by atomic mass is 19.4. The molecule has 0 heterocycles. The molecule has 1 unspecified atom stereocenters. The van der Waals surface area contributed by atoms with E-state index in [-0.39, 0.29) is 11.1 Å². The van der Waals surface area contributed by atoms with E-state index < -0.39 is 25.1 Å². The van der Waals surface area contributed by atoms with E-state index in [9.17, 15) is 22.0 Å². The molecule has 2 N–H and O–H groups in total. The molecule has 0 bridgehead atoms. The Hall–Kier alpha value is -1.17. The molecule has 0 saturated carbocycles. The maximum atomic E-state index is 12.3. The van der Waals surface area contributed by atoms with Crippen molar-refractivity contribution in [1.29, 1.82) is 0 Å². The van der Waals surface area contributed by atoms with Crippen LogP contribution in [0.1, 0.15) is 30.0 Å². The molecule has 1 atom stereocenters. The van der Waals surface area contributed by atoms with Gasteiger partial charge in [-0.1, -0.05) is 18.2 Å². The molecule has 1 nitrogen and oxygen atoms in total. The first-order valence-corrected chi connectivity index (χ1v) is 4.50. The maximum Gasteiger partial charge on any atom is 0.390 e. The van der Waals surface area contributed by atoms with Crippen molar-refractivity contribution in [2.45, 2.75) is 25.1 Å². The molecule has 0 aliphatic carbocycles. The topological polar surface area (TPSA) is 26.0 Å². The van der Waals surface area contributed by atoms with Crippen LogP contribution in [0.25, 0.3) is 0 Å². The number of rotatable bonds is 3. The molecule has 0 fully saturated rings. The summed E-state index contributed by atoms with van der Waals surface area (Å²) in [5.74, 6) is 0. The van der Waals surface area contributed by atoms with Gasteiger partial charge in [-0.25, -0.2) is 8.78 Å². The van der Waals surface area contributed by atoms with E-state index in [0.29, 0.717) is 0 Å². The smallest absolute Gasteiger partial charge is 0.324 e. The molecule has 0 spiro atoms. The van der Waals surface area contributed by atoms with Crippen LogP contribution in [-0.4, -0.2) is 6.18 Å². The Balaban J connectivity index is 2.83. The van der Waals surface area contributed by atoms with Crippen LogP contribution in [0.3, 0.4) is 0 Å². The average Bonchev–Trinajstić information content (AvgIpc) is 2.15. The van der Waals surface area contributed by atoms with Gasteiger partial charge in [-0.05, 0) is 11.6 Å². The van der Waals surface area contributed by atoms with Gasteiger partial charge in [-0.3, -0.25) is 0 Å². The van der Waals surface area contributed by atoms with Gasteiger partial charge in [0.15, 0.2) is 0 Å². The average molecular weight is 239 g/mol. The highest BCUT2D eigenvalue weighted by Crippen LogP contribution is 2.29. The van der Waals surface area contributed by atoms with Crippen LogP contribution in [0.4, 0.5) is 22.0 Å². The Kier molecular flexibility index (Phi) is 3.85. The summed E-state index contributed by atoms with van der Waals surface area (Å²) in [6, 6.07) is 3.42. The van der Waals surface area contributed by atoms with E-state index in [1.54, 1.807) is 0 Å². The van der Waals surface area contributed by atoms with Crippen molar-refractivity contribution in [3.05, 3.63) is 35.4 Å². The molecule has 16 heavy (non-hydrogen) atoms. The summed E-state index contributed by atoms with van der Waals surface area (Å²) in [4.78, 5) is 0. The minimum atomic E-state index is -4.40. The lowest BCUT2D eigenvalue weighted by Gasteiger charge is -2.15. The Labute approximate surface area is 89.1 Å². The second-order valence-corrected chi connectivity index (χ2v) is 3.40. The predicted molar refractivity (Wildman–Crippen MR) is 49.0 cm³/mol. The zero-order chi connectivity index (χ0) is 12.3. The Morgan fingerprint density at radius 2 is 1.69 bits per heavy atom. The summed E-state index contributed by atoms with van der Waals surface area (Å²) >= 11 is 0. The summed E-state index contributed by atoms with van der Waals surface area (Å²) < 4.78 is 60.6. The minimum Gasteiger partial charge on any atom is -0.324 e. The van der Waals surface area contributed by atoms with Crippen LogP contribution in [-0.2, 0) is 0 Å². The fourth-order valence-electron chi connectivity index (χ4n) is 1.29. The molecule has 1 rings (SSSR count). The van der Waals surface area contributed by atoms with Gasteiger partial charge < -0.3 is 5.73 Å². The van der Waals surface area contributed by atoms with Gasteiger partial charge in [0.25, 0.3) is 6.43 Å². The largest absolute Gasteiger partial charge is 0.390 e. The normalized spacial score (nSPS) is 14.2. The van der Waals surface area contributed by atoms with E-state index >= 15 is 0 Å². The Morgan fingerprint density at radius 3 is 2.19 bits per heavy atom. The van der Waals surface area contributed by atoms with E-state index in [4.69, 9.17) is 5.73 Å². The highest BCUT2D eigenvalue weighted by molar-refractivity contribution is 5.26. The van der Waals surface area contributed by atoms with Crippen LogP contribution in [0, 0.1) is 0 Å². The zero-order valence-electron chi connectivity index (χ0n) is 8.14. The number of hydrogen-bond acceptors (Lipinski definition) is 1. The lowest BCUT2D eigenvalue weighted by molar-refractivity contribution is -0.138. The number of halogens is 5. The third-order valence-corrected chi connectivity index (χ3v) is 2.04. The molecule has 0 aliphatic rings. The second-order valence-electron chi connectivity index (χ2n) is 3.40. The quantitative estimate of drug-likeness (QED) is 0.801. The summed E-state index contributed by atoms with van der Waals surface area (Å²) in [5, 5.41) is 0. The molecule has 1 aromatic carbocycles. The highest BCUT2D eigenvalue weighted by Gasteiger charge is 2.31. The van der Waals surface area contributed by atoms with Crippen LogP contribution in [0.15, 0.2) is 24.3 Å². The van der Waals surface area contributed by atoms with Gasteiger partial charge >= 0.3 is 6.18 Å². The monoisotopic (exact) mass is 239 g/mol. The fourth-order valence-corrected chi connectivity index (χ4v) is 1.29. The van der Waals surface area contributed by atoms with Gasteiger partial charge in [0.1, 0.15) is 0 Å². The summed E-state index contributed by atoms with van der Waals surface area (Å²) in [6.07, 6.45) is -8.34. The first kappa shape index (κ1) is 12.9. The van der Waals surface area contributed by atoms with Gasteiger partial charge in [-0.2, -0.15) is 13.2 Å². The number of hydrogen-bond donors (Lipinski definition) is 1. The Bertz CT molecular complexity index is 347. The SMILES string of the molecule is NC(CC(F)(F)F)c1cccc(C(F)F)c1. The molecule has 0 radical (unpaired) electrons. The molecule has 1 aromatic rings. The van der Waals surface area contributed by atoms with Gasteiger partial charge in [0.2, 0.25) is 0 Å². The minimum absolute atomic E-state index is 0.0649. The third kappa shape index (κ3) is 3.77. The van der Waals surface area contributed by atoms with E-state index in [1.165, 1.54) is 12.1 Å². The summed E-state index contributed by atoms with van der Waals surface area (Å²) in [6.45, 7) is 0.